The van der Waals surface area contributed by atoms with Crippen molar-refractivity contribution >= 4 is 23.2 Å². The first-order valence-corrected chi connectivity index (χ1v) is 8.39. The highest BCUT2D eigenvalue weighted by Gasteiger charge is 2.35. The van der Waals surface area contributed by atoms with Crippen molar-refractivity contribution in [2.24, 2.45) is 5.92 Å². The average molecular weight is 307 g/mol. The third-order valence-electron chi connectivity index (χ3n) is 4.71. The van der Waals surface area contributed by atoms with Gasteiger partial charge in [0.15, 0.2) is 0 Å². The maximum Gasteiger partial charge on any atom is 0.256 e. The molecule has 0 aromatic heterocycles. The van der Waals surface area contributed by atoms with E-state index in [2.05, 4.69) is 4.90 Å². The molecule has 1 amide bonds. The Balaban J connectivity index is 1.76. The predicted octanol–water partition coefficient (Wildman–Crippen LogP) is 4.11. The molecule has 0 aliphatic heterocycles. The number of benzene rings is 1. The Bertz CT molecular complexity index is 522. The summed E-state index contributed by atoms with van der Waals surface area (Å²) in [5, 5.41) is 0.467. The van der Waals surface area contributed by atoms with Gasteiger partial charge in [-0.2, -0.15) is 0 Å². The molecule has 1 aromatic rings. The van der Waals surface area contributed by atoms with E-state index >= 15 is 0 Å². The van der Waals surface area contributed by atoms with Gasteiger partial charge in [0, 0.05) is 12.6 Å². The van der Waals surface area contributed by atoms with Crippen molar-refractivity contribution in [1.82, 2.24) is 4.90 Å². The van der Waals surface area contributed by atoms with Gasteiger partial charge >= 0.3 is 0 Å². The number of carbonyl (C=O) groups excluding carboxylic acids is 1. The van der Waals surface area contributed by atoms with Gasteiger partial charge in [-0.1, -0.05) is 36.9 Å². The molecule has 1 aromatic carbocycles. The van der Waals surface area contributed by atoms with Crippen molar-refractivity contribution in [2.75, 3.05) is 12.3 Å². The van der Waals surface area contributed by atoms with Gasteiger partial charge < -0.3 is 10.6 Å². The zero-order valence-corrected chi connectivity index (χ0v) is 13.1. The van der Waals surface area contributed by atoms with Gasteiger partial charge in [-0.25, -0.2) is 0 Å². The van der Waals surface area contributed by atoms with Crippen LogP contribution in [0, 0.1) is 5.92 Å². The first kappa shape index (κ1) is 14.7. The lowest BCUT2D eigenvalue weighted by Gasteiger charge is -2.30. The smallest absolute Gasteiger partial charge is 0.256 e. The quantitative estimate of drug-likeness (QED) is 0.851. The van der Waals surface area contributed by atoms with Crippen LogP contribution in [-0.2, 0) is 0 Å². The number of anilines is 1. The van der Waals surface area contributed by atoms with Crippen LogP contribution >= 0.6 is 11.6 Å². The third-order valence-corrected chi connectivity index (χ3v) is 5.04. The lowest BCUT2D eigenvalue weighted by Crippen LogP contribution is -2.38. The van der Waals surface area contributed by atoms with Crippen molar-refractivity contribution in [3.8, 4) is 0 Å². The molecule has 2 saturated carbocycles. The summed E-state index contributed by atoms with van der Waals surface area (Å²) >= 11 is 6.05. The Morgan fingerprint density at radius 1 is 1.19 bits per heavy atom. The van der Waals surface area contributed by atoms with E-state index in [1.807, 2.05) is 0 Å². The summed E-state index contributed by atoms with van der Waals surface area (Å²) in [4.78, 5) is 14.9. The predicted molar refractivity (Wildman–Crippen MR) is 86.5 cm³/mol. The summed E-state index contributed by atoms with van der Waals surface area (Å²) < 4.78 is 0. The van der Waals surface area contributed by atoms with Crippen LogP contribution in [0.5, 0.6) is 0 Å². The minimum atomic E-state index is 0.0584. The number of nitrogens with two attached hydrogens (primary N) is 1. The standard InChI is InChI=1S/C17H23ClN2O/c18-15-8-4-7-14(16(15)19)17(21)20(13-9-10-13)11-12-5-2-1-3-6-12/h4,7-8,12-13H,1-3,5-6,9-11,19H2. The van der Waals surface area contributed by atoms with Crippen LogP contribution in [0.1, 0.15) is 55.3 Å². The van der Waals surface area contributed by atoms with Crippen molar-refractivity contribution in [1.29, 1.82) is 0 Å². The summed E-state index contributed by atoms with van der Waals surface area (Å²) in [5.74, 6) is 0.715. The highest BCUT2D eigenvalue weighted by molar-refractivity contribution is 6.33. The molecule has 0 saturated heterocycles. The van der Waals surface area contributed by atoms with Crippen molar-refractivity contribution in [3.63, 3.8) is 0 Å². The number of rotatable bonds is 4. The van der Waals surface area contributed by atoms with E-state index in [1.54, 1.807) is 18.2 Å². The van der Waals surface area contributed by atoms with Gasteiger partial charge in [-0.05, 0) is 43.7 Å². The van der Waals surface area contributed by atoms with Crippen molar-refractivity contribution in [3.05, 3.63) is 28.8 Å². The van der Waals surface area contributed by atoms with E-state index < -0.39 is 0 Å². The van der Waals surface area contributed by atoms with Crippen LogP contribution in [0.3, 0.4) is 0 Å². The monoisotopic (exact) mass is 306 g/mol. The molecular formula is C17H23ClN2O. The van der Waals surface area contributed by atoms with Gasteiger partial charge in [-0.3, -0.25) is 4.79 Å². The number of nitrogens with zero attached hydrogens (tertiary/aromatic N) is 1. The fourth-order valence-electron chi connectivity index (χ4n) is 3.31. The van der Waals surface area contributed by atoms with Gasteiger partial charge in [0.2, 0.25) is 0 Å². The molecule has 0 spiro atoms. The molecule has 21 heavy (non-hydrogen) atoms. The minimum absolute atomic E-state index is 0.0584. The number of halogens is 1. The van der Waals surface area contributed by atoms with Crippen LogP contribution < -0.4 is 5.73 Å². The zero-order valence-electron chi connectivity index (χ0n) is 12.4. The molecule has 0 radical (unpaired) electrons. The molecule has 0 atom stereocenters. The van der Waals surface area contributed by atoms with E-state index in [0.717, 1.165) is 19.4 Å². The Kier molecular flexibility index (Phi) is 4.39. The Morgan fingerprint density at radius 3 is 2.57 bits per heavy atom. The summed E-state index contributed by atoms with van der Waals surface area (Å²) in [6, 6.07) is 5.74. The Labute approximate surface area is 131 Å². The fraction of sp³-hybridized carbons (Fsp3) is 0.588. The molecule has 0 unspecified atom stereocenters. The molecular weight excluding hydrogens is 284 g/mol. The lowest BCUT2D eigenvalue weighted by molar-refractivity contribution is 0.0700. The number of hydrogen-bond donors (Lipinski definition) is 1. The summed E-state index contributed by atoms with van der Waals surface area (Å²) in [6.07, 6.45) is 8.70. The van der Waals surface area contributed by atoms with E-state index in [9.17, 15) is 4.79 Å². The topological polar surface area (TPSA) is 46.3 Å². The van der Waals surface area contributed by atoms with E-state index in [4.69, 9.17) is 17.3 Å². The van der Waals surface area contributed by atoms with Crippen molar-refractivity contribution < 1.29 is 4.79 Å². The summed E-state index contributed by atoms with van der Waals surface area (Å²) in [7, 11) is 0. The first-order chi connectivity index (χ1) is 10.2. The molecule has 2 aliphatic rings. The zero-order chi connectivity index (χ0) is 14.8. The largest absolute Gasteiger partial charge is 0.397 e. The third kappa shape index (κ3) is 3.34. The number of carbonyl (C=O) groups is 1. The average Bonchev–Trinajstić information content (AvgIpc) is 3.33. The van der Waals surface area contributed by atoms with Crippen LogP contribution in [0.2, 0.25) is 5.02 Å². The van der Waals surface area contributed by atoms with Crippen LogP contribution in [0.4, 0.5) is 5.69 Å². The first-order valence-electron chi connectivity index (χ1n) is 8.02. The number of hydrogen-bond acceptors (Lipinski definition) is 2. The minimum Gasteiger partial charge on any atom is -0.397 e. The number of nitrogen functional groups attached to an aromatic ring is 1. The lowest BCUT2D eigenvalue weighted by atomic mass is 9.88. The molecule has 0 bridgehead atoms. The Hall–Kier alpha value is -1.22. The second kappa shape index (κ2) is 6.27. The fourth-order valence-corrected chi connectivity index (χ4v) is 3.48. The van der Waals surface area contributed by atoms with Gasteiger partial charge in [-0.15, -0.1) is 0 Å². The molecule has 3 rings (SSSR count). The molecule has 4 heteroatoms. The molecule has 3 nitrogen and oxygen atoms in total. The highest BCUT2D eigenvalue weighted by Crippen LogP contribution is 2.34. The SMILES string of the molecule is Nc1c(Cl)cccc1C(=O)N(CC1CCCCC1)C1CC1. The van der Waals surface area contributed by atoms with E-state index in [1.165, 1.54) is 32.1 Å². The van der Waals surface area contributed by atoms with Crippen molar-refractivity contribution in [2.45, 2.75) is 51.0 Å². The van der Waals surface area contributed by atoms with Crippen LogP contribution in [0.15, 0.2) is 18.2 Å². The van der Waals surface area contributed by atoms with Gasteiger partial charge in [0.05, 0.1) is 16.3 Å². The molecule has 2 fully saturated rings. The van der Waals surface area contributed by atoms with E-state index in [-0.39, 0.29) is 5.91 Å². The second-order valence-electron chi connectivity index (χ2n) is 6.39. The maximum absolute atomic E-state index is 12.9. The molecule has 2 aliphatic carbocycles. The normalized spacial score (nSPS) is 19.5. The van der Waals surface area contributed by atoms with Gasteiger partial charge in [0.1, 0.15) is 0 Å². The highest BCUT2D eigenvalue weighted by atomic mass is 35.5. The molecule has 0 heterocycles. The maximum atomic E-state index is 12.9. The number of amides is 1. The van der Waals surface area contributed by atoms with Gasteiger partial charge in [0.25, 0.3) is 5.91 Å². The summed E-state index contributed by atoms with van der Waals surface area (Å²) in [6.45, 7) is 0.884. The van der Waals surface area contributed by atoms with Crippen LogP contribution in [-0.4, -0.2) is 23.4 Å². The van der Waals surface area contributed by atoms with Crippen LogP contribution in [0.25, 0.3) is 0 Å². The Morgan fingerprint density at radius 2 is 1.90 bits per heavy atom. The molecule has 2 N–H and O–H groups in total. The summed E-state index contributed by atoms with van der Waals surface area (Å²) in [5.41, 5.74) is 6.97. The second-order valence-corrected chi connectivity index (χ2v) is 6.80. The molecule has 114 valence electrons. The number of para-hydroxylation sites is 1. The van der Waals surface area contributed by atoms with E-state index in [0.29, 0.717) is 28.2 Å².